The van der Waals surface area contributed by atoms with Crippen LogP contribution in [0.15, 0.2) is 48.6 Å². The molecule has 2 atom stereocenters. The fourth-order valence-corrected chi connectivity index (χ4v) is 3.65. The first-order chi connectivity index (χ1) is 11.2. The van der Waals surface area contributed by atoms with Crippen molar-refractivity contribution >= 4 is 16.3 Å². The van der Waals surface area contributed by atoms with E-state index in [1.54, 1.807) is 0 Å². The van der Waals surface area contributed by atoms with Gasteiger partial charge in [0.2, 0.25) is 0 Å². The average molecular weight is 304 g/mol. The van der Waals surface area contributed by atoms with Gasteiger partial charge in [0.25, 0.3) is 0 Å². The maximum atomic E-state index is 2.51. The van der Waals surface area contributed by atoms with E-state index in [-0.39, 0.29) is 0 Å². The molecule has 1 aliphatic carbocycles. The van der Waals surface area contributed by atoms with E-state index < -0.39 is 0 Å². The van der Waals surface area contributed by atoms with E-state index in [0.717, 1.165) is 6.42 Å². The van der Waals surface area contributed by atoms with Crippen LogP contribution in [0.1, 0.15) is 75.5 Å². The maximum Gasteiger partial charge on any atom is -0.00881 e. The Morgan fingerprint density at radius 1 is 0.913 bits per heavy atom. The normalized spacial score (nSPS) is 16.6. The van der Waals surface area contributed by atoms with Crippen molar-refractivity contribution in [3.63, 3.8) is 0 Å². The highest BCUT2D eigenvalue weighted by Crippen LogP contribution is 2.41. The van der Waals surface area contributed by atoms with E-state index in [1.165, 1.54) is 45.9 Å². The molecule has 1 aliphatic rings. The zero-order valence-corrected chi connectivity index (χ0v) is 14.9. The molecular weight excluding hydrogens is 276 g/mol. The van der Waals surface area contributed by atoms with E-state index in [2.05, 4.69) is 76.3 Å². The quantitative estimate of drug-likeness (QED) is 0.547. The van der Waals surface area contributed by atoms with Crippen LogP contribution in [0, 0.1) is 0 Å². The van der Waals surface area contributed by atoms with Crippen molar-refractivity contribution in [3.8, 4) is 0 Å². The van der Waals surface area contributed by atoms with Gasteiger partial charge in [0, 0.05) is 0 Å². The van der Waals surface area contributed by atoms with Crippen LogP contribution in [0.25, 0.3) is 16.3 Å². The zero-order valence-electron chi connectivity index (χ0n) is 14.9. The van der Waals surface area contributed by atoms with Gasteiger partial charge < -0.3 is 0 Å². The average Bonchev–Trinajstić information content (AvgIpc) is 3.13. The van der Waals surface area contributed by atoms with Crippen molar-refractivity contribution in [1.29, 1.82) is 0 Å². The van der Waals surface area contributed by atoms with E-state index in [0.29, 0.717) is 11.8 Å². The highest BCUT2D eigenvalue weighted by molar-refractivity contribution is 5.98. The molecule has 0 aromatic heterocycles. The SMILES string of the molecule is CCC(C)c1cc(C(C)CC)c2ccccc2c1C1=CC=CC1. The zero-order chi connectivity index (χ0) is 16.4. The van der Waals surface area contributed by atoms with Crippen LogP contribution in [0.2, 0.25) is 0 Å². The largest absolute Gasteiger partial charge is 0.0801 e. The predicted octanol–water partition coefficient (Wildman–Crippen LogP) is 7.21. The first-order valence-electron chi connectivity index (χ1n) is 9.08. The van der Waals surface area contributed by atoms with Gasteiger partial charge >= 0.3 is 0 Å². The number of allylic oxidation sites excluding steroid dienone is 4. The molecule has 2 aromatic rings. The van der Waals surface area contributed by atoms with Crippen molar-refractivity contribution in [2.75, 3.05) is 0 Å². The molecule has 0 bridgehead atoms. The lowest BCUT2D eigenvalue weighted by Crippen LogP contribution is -2.04. The third-order valence-corrected chi connectivity index (χ3v) is 5.49. The Morgan fingerprint density at radius 2 is 1.57 bits per heavy atom. The van der Waals surface area contributed by atoms with Crippen molar-refractivity contribution in [2.45, 2.75) is 58.8 Å². The molecule has 0 aliphatic heterocycles. The molecule has 0 heterocycles. The van der Waals surface area contributed by atoms with E-state index >= 15 is 0 Å². The van der Waals surface area contributed by atoms with E-state index in [1.807, 2.05) is 0 Å². The first kappa shape index (κ1) is 16.1. The van der Waals surface area contributed by atoms with Gasteiger partial charge in [-0.3, -0.25) is 0 Å². The van der Waals surface area contributed by atoms with Crippen LogP contribution in [0.5, 0.6) is 0 Å². The van der Waals surface area contributed by atoms with Crippen molar-refractivity contribution in [2.24, 2.45) is 0 Å². The molecule has 0 saturated heterocycles. The summed E-state index contributed by atoms with van der Waals surface area (Å²) in [4.78, 5) is 0. The van der Waals surface area contributed by atoms with Gasteiger partial charge in [0.1, 0.15) is 0 Å². The lowest BCUT2D eigenvalue weighted by Gasteiger charge is -2.23. The summed E-state index contributed by atoms with van der Waals surface area (Å²) in [6.45, 7) is 9.32. The molecule has 0 radical (unpaired) electrons. The monoisotopic (exact) mass is 304 g/mol. The third kappa shape index (κ3) is 2.87. The molecule has 0 saturated carbocycles. The summed E-state index contributed by atoms with van der Waals surface area (Å²) in [5.74, 6) is 1.20. The second-order valence-electron chi connectivity index (χ2n) is 6.92. The second-order valence-corrected chi connectivity index (χ2v) is 6.92. The Kier molecular flexibility index (Phi) is 4.71. The van der Waals surface area contributed by atoms with Gasteiger partial charge in [-0.2, -0.15) is 0 Å². The fourth-order valence-electron chi connectivity index (χ4n) is 3.65. The predicted molar refractivity (Wildman–Crippen MR) is 103 cm³/mol. The summed E-state index contributed by atoms with van der Waals surface area (Å²) in [5, 5.41) is 2.88. The van der Waals surface area contributed by atoms with Crippen LogP contribution >= 0.6 is 0 Å². The van der Waals surface area contributed by atoms with Gasteiger partial charge in [0.15, 0.2) is 0 Å². The molecule has 23 heavy (non-hydrogen) atoms. The molecule has 2 aromatic carbocycles. The van der Waals surface area contributed by atoms with Crippen LogP contribution in [-0.2, 0) is 0 Å². The second kappa shape index (κ2) is 6.74. The molecule has 3 rings (SSSR count). The molecule has 0 N–H and O–H groups in total. The van der Waals surface area contributed by atoms with Crippen LogP contribution in [0.4, 0.5) is 0 Å². The van der Waals surface area contributed by atoms with Gasteiger partial charge in [0.05, 0.1) is 0 Å². The van der Waals surface area contributed by atoms with Crippen molar-refractivity contribution in [3.05, 3.63) is 65.3 Å². The number of fused-ring (bicyclic) bond motifs is 1. The molecule has 120 valence electrons. The molecular formula is C23H28. The number of hydrogen-bond donors (Lipinski definition) is 0. The van der Waals surface area contributed by atoms with Gasteiger partial charge in [-0.25, -0.2) is 0 Å². The minimum atomic E-state index is 0.596. The molecule has 0 amide bonds. The molecule has 0 nitrogen and oxygen atoms in total. The molecule has 0 spiro atoms. The van der Waals surface area contributed by atoms with Gasteiger partial charge in [-0.1, -0.05) is 76.3 Å². The van der Waals surface area contributed by atoms with Gasteiger partial charge in [-0.05, 0) is 64.1 Å². The Hall–Kier alpha value is -1.82. The topological polar surface area (TPSA) is 0 Å². The van der Waals surface area contributed by atoms with E-state index in [4.69, 9.17) is 0 Å². The number of hydrogen-bond acceptors (Lipinski definition) is 0. The summed E-state index contributed by atoms with van der Waals surface area (Å²) in [5.41, 5.74) is 6.03. The van der Waals surface area contributed by atoms with Gasteiger partial charge in [-0.15, -0.1) is 0 Å². The van der Waals surface area contributed by atoms with Crippen LogP contribution in [-0.4, -0.2) is 0 Å². The molecule has 2 unspecified atom stereocenters. The Balaban J connectivity index is 2.34. The Bertz CT molecular complexity index is 761. The standard InChI is InChI=1S/C23H28/c1-5-16(3)21-15-22(17(4)6-2)23(18-11-7-8-12-18)20-14-10-9-13-19(20)21/h7-11,13-17H,5-6,12H2,1-4H3. The Morgan fingerprint density at radius 3 is 2.17 bits per heavy atom. The summed E-state index contributed by atoms with van der Waals surface area (Å²) in [6.07, 6.45) is 10.2. The summed E-state index contributed by atoms with van der Waals surface area (Å²) < 4.78 is 0. The highest BCUT2D eigenvalue weighted by Gasteiger charge is 2.20. The van der Waals surface area contributed by atoms with Crippen molar-refractivity contribution < 1.29 is 0 Å². The molecule has 0 heteroatoms. The summed E-state index contributed by atoms with van der Waals surface area (Å²) in [6, 6.07) is 11.5. The lowest BCUT2D eigenvalue weighted by molar-refractivity contribution is 0.714. The minimum absolute atomic E-state index is 0.596. The lowest BCUT2D eigenvalue weighted by atomic mass is 9.81. The number of rotatable bonds is 5. The molecule has 0 fully saturated rings. The maximum absolute atomic E-state index is 2.51. The highest BCUT2D eigenvalue weighted by atomic mass is 14.2. The van der Waals surface area contributed by atoms with Crippen LogP contribution in [0.3, 0.4) is 0 Å². The fraction of sp³-hybridized carbons (Fsp3) is 0.391. The third-order valence-electron chi connectivity index (χ3n) is 5.49. The Labute approximate surface area is 140 Å². The van der Waals surface area contributed by atoms with E-state index in [9.17, 15) is 0 Å². The number of benzene rings is 2. The van der Waals surface area contributed by atoms with Crippen molar-refractivity contribution in [1.82, 2.24) is 0 Å². The minimum Gasteiger partial charge on any atom is -0.0801 e. The first-order valence-corrected chi connectivity index (χ1v) is 9.08. The van der Waals surface area contributed by atoms with Crippen LogP contribution < -0.4 is 0 Å². The summed E-state index contributed by atoms with van der Waals surface area (Å²) in [7, 11) is 0. The summed E-state index contributed by atoms with van der Waals surface area (Å²) >= 11 is 0. The smallest absolute Gasteiger partial charge is 0.00881 e.